The van der Waals surface area contributed by atoms with Gasteiger partial charge in [0.15, 0.2) is 0 Å². The van der Waals surface area contributed by atoms with Crippen molar-refractivity contribution in [3.05, 3.63) is 28.8 Å². The molecule has 0 radical (unpaired) electrons. The van der Waals surface area contributed by atoms with E-state index in [-0.39, 0.29) is 6.61 Å². The highest BCUT2D eigenvalue weighted by Crippen LogP contribution is 2.29. The Balaban J connectivity index is 2.22. The molecule has 1 saturated heterocycles. The fraction of sp³-hybridized carbons (Fsp3) is 0.462. The second kappa shape index (κ2) is 5.87. The molecule has 3 N–H and O–H groups in total. The first-order valence-electron chi connectivity index (χ1n) is 6.07. The van der Waals surface area contributed by atoms with Gasteiger partial charge in [-0.3, -0.25) is 0 Å². The van der Waals surface area contributed by atoms with Crippen LogP contribution in [0.2, 0.25) is 5.02 Å². The van der Waals surface area contributed by atoms with Crippen LogP contribution < -0.4 is 10.6 Å². The summed E-state index contributed by atoms with van der Waals surface area (Å²) in [7, 11) is 0. The van der Waals surface area contributed by atoms with Crippen molar-refractivity contribution in [3.63, 3.8) is 0 Å². The molecule has 0 unspecified atom stereocenters. The molecule has 0 aromatic heterocycles. The summed E-state index contributed by atoms with van der Waals surface area (Å²) in [5, 5.41) is 9.84. The Kier molecular flexibility index (Phi) is 4.43. The predicted molar refractivity (Wildman–Crippen MR) is 79.4 cm³/mol. The first kappa shape index (κ1) is 13.6. The summed E-state index contributed by atoms with van der Waals surface area (Å²) in [5.74, 6) is 0.411. The van der Waals surface area contributed by atoms with Crippen molar-refractivity contribution < 1.29 is 5.11 Å². The quantitative estimate of drug-likeness (QED) is 0.836. The Labute approximate surface area is 118 Å². The number of aliphatic hydroxyl groups is 1. The SMILES string of the molecule is NC(=S)c1ccc(Cl)cc1N1CCC(CO)CC1. The van der Waals surface area contributed by atoms with Crippen LogP contribution in [0.3, 0.4) is 0 Å². The lowest BCUT2D eigenvalue weighted by Crippen LogP contribution is -2.36. The summed E-state index contributed by atoms with van der Waals surface area (Å²) in [6, 6.07) is 5.59. The maximum atomic E-state index is 9.15. The van der Waals surface area contributed by atoms with Crippen LogP contribution in [-0.4, -0.2) is 29.8 Å². The number of halogens is 1. The van der Waals surface area contributed by atoms with Gasteiger partial charge in [0.25, 0.3) is 0 Å². The third-order valence-electron chi connectivity index (χ3n) is 3.44. The number of rotatable bonds is 3. The van der Waals surface area contributed by atoms with E-state index in [9.17, 15) is 0 Å². The number of thiocarbonyl (C=S) groups is 1. The zero-order chi connectivity index (χ0) is 13.1. The van der Waals surface area contributed by atoms with E-state index in [1.807, 2.05) is 12.1 Å². The summed E-state index contributed by atoms with van der Waals surface area (Å²) >= 11 is 11.1. The lowest BCUT2D eigenvalue weighted by molar-refractivity contribution is 0.203. The highest BCUT2D eigenvalue weighted by molar-refractivity contribution is 7.80. The van der Waals surface area contributed by atoms with E-state index < -0.39 is 0 Å². The topological polar surface area (TPSA) is 49.5 Å². The summed E-state index contributed by atoms with van der Waals surface area (Å²) < 4.78 is 0. The molecule has 1 aliphatic rings. The van der Waals surface area contributed by atoms with Crippen LogP contribution in [0.15, 0.2) is 18.2 Å². The molecular formula is C13H17ClN2OS. The molecule has 5 heteroatoms. The van der Waals surface area contributed by atoms with Crippen molar-refractivity contribution in [1.82, 2.24) is 0 Å². The van der Waals surface area contributed by atoms with E-state index in [4.69, 9.17) is 34.7 Å². The van der Waals surface area contributed by atoms with E-state index in [1.54, 1.807) is 6.07 Å². The van der Waals surface area contributed by atoms with Gasteiger partial charge >= 0.3 is 0 Å². The normalized spacial score (nSPS) is 16.9. The van der Waals surface area contributed by atoms with E-state index in [0.717, 1.165) is 37.2 Å². The zero-order valence-electron chi connectivity index (χ0n) is 10.1. The van der Waals surface area contributed by atoms with Gasteiger partial charge in [-0.05, 0) is 37.0 Å². The minimum atomic E-state index is 0.269. The number of benzene rings is 1. The number of nitrogens with zero attached hydrogens (tertiary/aromatic N) is 1. The summed E-state index contributed by atoms with van der Waals surface area (Å²) in [4.78, 5) is 2.64. The van der Waals surface area contributed by atoms with Gasteiger partial charge in [-0.1, -0.05) is 23.8 Å². The molecule has 1 heterocycles. The monoisotopic (exact) mass is 284 g/mol. The smallest absolute Gasteiger partial charge is 0.106 e. The van der Waals surface area contributed by atoms with Gasteiger partial charge in [0.1, 0.15) is 4.99 Å². The Morgan fingerprint density at radius 3 is 2.67 bits per heavy atom. The molecule has 0 saturated carbocycles. The third kappa shape index (κ3) is 2.94. The molecule has 0 amide bonds. The molecule has 3 nitrogen and oxygen atoms in total. The van der Waals surface area contributed by atoms with E-state index in [0.29, 0.717) is 15.9 Å². The van der Waals surface area contributed by atoms with E-state index >= 15 is 0 Å². The zero-order valence-corrected chi connectivity index (χ0v) is 11.7. The first-order chi connectivity index (χ1) is 8.61. The molecule has 98 valence electrons. The average Bonchev–Trinajstić information content (AvgIpc) is 2.38. The number of hydrogen-bond donors (Lipinski definition) is 2. The standard InChI is InChI=1S/C13H17ClN2OS/c14-10-1-2-11(13(15)18)12(7-10)16-5-3-9(8-17)4-6-16/h1-2,7,9,17H,3-6,8H2,(H2,15,18). The minimum absolute atomic E-state index is 0.269. The molecule has 1 aromatic carbocycles. The average molecular weight is 285 g/mol. The Hall–Kier alpha value is -0.840. The van der Waals surface area contributed by atoms with Crippen molar-refractivity contribution in [1.29, 1.82) is 0 Å². The summed E-state index contributed by atoms with van der Waals surface area (Å²) in [5.41, 5.74) is 7.62. The van der Waals surface area contributed by atoms with Crippen LogP contribution in [0.5, 0.6) is 0 Å². The van der Waals surface area contributed by atoms with Crippen molar-refractivity contribution in [2.75, 3.05) is 24.6 Å². The lowest BCUT2D eigenvalue weighted by atomic mass is 9.97. The summed E-state index contributed by atoms with van der Waals surface area (Å²) in [6.45, 7) is 2.08. The van der Waals surface area contributed by atoms with Crippen LogP contribution >= 0.6 is 23.8 Å². The molecule has 1 aromatic rings. The molecule has 0 aliphatic carbocycles. The fourth-order valence-electron chi connectivity index (χ4n) is 2.33. The van der Waals surface area contributed by atoms with Gasteiger partial charge in [0, 0.05) is 36.0 Å². The molecule has 18 heavy (non-hydrogen) atoms. The minimum Gasteiger partial charge on any atom is -0.396 e. The Bertz CT molecular complexity index is 445. The number of piperidine rings is 1. The number of nitrogens with two attached hydrogens (primary N) is 1. The number of hydrogen-bond acceptors (Lipinski definition) is 3. The van der Waals surface area contributed by atoms with Gasteiger partial charge < -0.3 is 15.7 Å². The number of anilines is 1. The van der Waals surface area contributed by atoms with E-state index in [1.165, 1.54) is 0 Å². The van der Waals surface area contributed by atoms with Crippen molar-refractivity contribution >= 4 is 34.5 Å². The van der Waals surface area contributed by atoms with Gasteiger partial charge in [-0.2, -0.15) is 0 Å². The van der Waals surface area contributed by atoms with Crippen molar-refractivity contribution in [2.45, 2.75) is 12.8 Å². The van der Waals surface area contributed by atoms with Crippen LogP contribution in [0.4, 0.5) is 5.69 Å². The van der Waals surface area contributed by atoms with Crippen molar-refractivity contribution in [3.8, 4) is 0 Å². The number of aliphatic hydroxyl groups excluding tert-OH is 1. The molecule has 1 fully saturated rings. The van der Waals surface area contributed by atoms with Gasteiger partial charge in [0.2, 0.25) is 0 Å². The predicted octanol–water partition coefficient (Wildman–Crippen LogP) is 2.18. The van der Waals surface area contributed by atoms with Crippen molar-refractivity contribution in [2.24, 2.45) is 11.7 Å². The van der Waals surface area contributed by atoms with Crippen LogP contribution in [0.1, 0.15) is 18.4 Å². The largest absolute Gasteiger partial charge is 0.396 e. The molecule has 2 rings (SSSR count). The van der Waals surface area contributed by atoms with Crippen LogP contribution in [-0.2, 0) is 0 Å². The van der Waals surface area contributed by atoms with Crippen LogP contribution in [0.25, 0.3) is 0 Å². The Morgan fingerprint density at radius 2 is 2.11 bits per heavy atom. The molecule has 0 bridgehead atoms. The summed E-state index contributed by atoms with van der Waals surface area (Å²) in [6.07, 6.45) is 1.97. The maximum absolute atomic E-state index is 9.15. The maximum Gasteiger partial charge on any atom is 0.106 e. The van der Waals surface area contributed by atoms with E-state index in [2.05, 4.69) is 4.90 Å². The molecule has 0 spiro atoms. The highest BCUT2D eigenvalue weighted by atomic mass is 35.5. The Morgan fingerprint density at radius 1 is 1.44 bits per heavy atom. The third-order valence-corrected chi connectivity index (χ3v) is 3.89. The van der Waals surface area contributed by atoms with Gasteiger partial charge in [-0.25, -0.2) is 0 Å². The molecule has 1 aliphatic heterocycles. The lowest BCUT2D eigenvalue weighted by Gasteiger charge is -2.34. The second-order valence-corrected chi connectivity index (χ2v) is 5.51. The van der Waals surface area contributed by atoms with Gasteiger partial charge in [-0.15, -0.1) is 0 Å². The molecule has 0 atom stereocenters. The fourth-order valence-corrected chi connectivity index (χ4v) is 2.67. The highest BCUT2D eigenvalue weighted by Gasteiger charge is 2.21. The molecular weight excluding hydrogens is 268 g/mol. The van der Waals surface area contributed by atoms with Gasteiger partial charge in [0.05, 0.1) is 0 Å². The van der Waals surface area contributed by atoms with Crippen LogP contribution in [0, 0.1) is 5.92 Å². The first-order valence-corrected chi connectivity index (χ1v) is 6.85. The second-order valence-electron chi connectivity index (χ2n) is 4.64.